The number of hydrogen-bond donors (Lipinski definition) is 2. The molecule has 2 aromatic rings. The molecule has 0 fully saturated rings. The Morgan fingerprint density at radius 2 is 2.17 bits per heavy atom. The Bertz CT molecular complexity index is 534. The standard InChI is InChI=1S/C13H18N4O/c1-8(2)6-10-7-11(17-14)16-13(15-10)12-9(3)4-5-18-12/h4-5,7-8H,6,14H2,1-3H3,(H,15,16,17). The Morgan fingerprint density at radius 3 is 2.72 bits per heavy atom. The summed E-state index contributed by atoms with van der Waals surface area (Å²) >= 11 is 0. The second kappa shape index (κ2) is 5.18. The molecule has 0 aliphatic carbocycles. The van der Waals surface area contributed by atoms with Gasteiger partial charge in [0.1, 0.15) is 5.82 Å². The summed E-state index contributed by atoms with van der Waals surface area (Å²) in [5.41, 5.74) is 4.54. The van der Waals surface area contributed by atoms with E-state index in [1.807, 2.05) is 19.1 Å². The fourth-order valence-electron chi connectivity index (χ4n) is 1.80. The van der Waals surface area contributed by atoms with Crippen molar-refractivity contribution in [3.8, 4) is 11.6 Å². The number of aromatic nitrogens is 2. The van der Waals surface area contributed by atoms with E-state index in [0.29, 0.717) is 23.3 Å². The van der Waals surface area contributed by atoms with Gasteiger partial charge in [-0.3, -0.25) is 0 Å². The lowest BCUT2D eigenvalue weighted by Crippen LogP contribution is -2.11. The molecule has 0 radical (unpaired) electrons. The van der Waals surface area contributed by atoms with E-state index >= 15 is 0 Å². The maximum Gasteiger partial charge on any atom is 0.198 e. The third-order valence-corrected chi connectivity index (χ3v) is 2.61. The molecule has 0 unspecified atom stereocenters. The van der Waals surface area contributed by atoms with Crippen molar-refractivity contribution in [2.45, 2.75) is 27.2 Å². The molecule has 5 heteroatoms. The van der Waals surface area contributed by atoms with Gasteiger partial charge in [0, 0.05) is 11.8 Å². The normalized spacial score (nSPS) is 10.9. The molecule has 5 nitrogen and oxygen atoms in total. The van der Waals surface area contributed by atoms with Crippen molar-refractivity contribution >= 4 is 5.82 Å². The number of nitrogens with one attached hydrogen (secondary N) is 1. The molecule has 18 heavy (non-hydrogen) atoms. The van der Waals surface area contributed by atoms with E-state index in [4.69, 9.17) is 10.3 Å². The van der Waals surface area contributed by atoms with Crippen molar-refractivity contribution in [2.75, 3.05) is 5.43 Å². The number of nitrogens with two attached hydrogens (primary N) is 1. The zero-order chi connectivity index (χ0) is 13.1. The molecular weight excluding hydrogens is 228 g/mol. The second-order valence-electron chi connectivity index (χ2n) is 4.74. The van der Waals surface area contributed by atoms with Gasteiger partial charge in [-0.2, -0.15) is 0 Å². The molecular formula is C13H18N4O. The van der Waals surface area contributed by atoms with Crippen LogP contribution < -0.4 is 11.3 Å². The van der Waals surface area contributed by atoms with Crippen molar-refractivity contribution in [3.05, 3.63) is 29.7 Å². The molecule has 0 amide bonds. The third-order valence-electron chi connectivity index (χ3n) is 2.61. The SMILES string of the molecule is Cc1ccoc1-c1nc(CC(C)C)cc(NN)n1. The van der Waals surface area contributed by atoms with Crippen molar-refractivity contribution in [1.82, 2.24) is 9.97 Å². The minimum absolute atomic E-state index is 0.524. The molecule has 0 aromatic carbocycles. The van der Waals surface area contributed by atoms with Crippen LogP contribution in [0.15, 0.2) is 22.8 Å². The maximum atomic E-state index is 5.44. The number of furan rings is 1. The van der Waals surface area contributed by atoms with Gasteiger partial charge in [0.05, 0.1) is 6.26 Å². The lowest BCUT2D eigenvalue weighted by molar-refractivity contribution is 0.573. The number of nitrogens with zero attached hydrogens (tertiary/aromatic N) is 2. The van der Waals surface area contributed by atoms with Crippen LogP contribution in [0.25, 0.3) is 11.6 Å². The monoisotopic (exact) mass is 246 g/mol. The quantitative estimate of drug-likeness (QED) is 0.640. The largest absolute Gasteiger partial charge is 0.461 e. The maximum absolute atomic E-state index is 5.44. The average Bonchev–Trinajstić information content (AvgIpc) is 2.74. The van der Waals surface area contributed by atoms with Crippen LogP contribution in [0.2, 0.25) is 0 Å². The molecule has 0 aliphatic rings. The van der Waals surface area contributed by atoms with Gasteiger partial charge in [-0.15, -0.1) is 0 Å². The van der Waals surface area contributed by atoms with Crippen molar-refractivity contribution in [3.63, 3.8) is 0 Å². The summed E-state index contributed by atoms with van der Waals surface area (Å²) in [6, 6.07) is 3.76. The Hall–Kier alpha value is -1.88. The minimum Gasteiger partial charge on any atom is -0.461 e. The van der Waals surface area contributed by atoms with Crippen molar-refractivity contribution in [1.29, 1.82) is 0 Å². The van der Waals surface area contributed by atoms with E-state index < -0.39 is 0 Å². The number of aryl methyl sites for hydroxylation is 1. The minimum atomic E-state index is 0.524. The molecule has 2 heterocycles. The van der Waals surface area contributed by atoms with Gasteiger partial charge in [-0.05, 0) is 30.9 Å². The number of hydrogen-bond acceptors (Lipinski definition) is 5. The van der Waals surface area contributed by atoms with Gasteiger partial charge in [0.2, 0.25) is 0 Å². The van der Waals surface area contributed by atoms with Crippen molar-refractivity contribution in [2.24, 2.45) is 11.8 Å². The lowest BCUT2D eigenvalue weighted by atomic mass is 10.1. The van der Waals surface area contributed by atoms with E-state index in [-0.39, 0.29) is 0 Å². The first-order valence-electron chi connectivity index (χ1n) is 5.99. The molecule has 0 saturated heterocycles. The molecule has 3 N–H and O–H groups in total. The van der Waals surface area contributed by atoms with Gasteiger partial charge < -0.3 is 9.84 Å². The predicted molar refractivity (Wildman–Crippen MR) is 70.8 cm³/mol. The van der Waals surface area contributed by atoms with Crippen LogP contribution in [0, 0.1) is 12.8 Å². The Kier molecular flexibility index (Phi) is 3.62. The van der Waals surface area contributed by atoms with Crippen LogP contribution in [0.4, 0.5) is 5.82 Å². The summed E-state index contributed by atoms with van der Waals surface area (Å²) in [5, 5.41) is 0. The fourth-order valence-corrected chi connectivity index (χ4v) is 1.80. The Labute approximate surface area is 106 Å². The topological polar surface area (TPSA) is 77.0 Å². The Balaban J connectivity index is 2.44. The van der Waals surface area contributed by atoms with Crippen LogP contribution in [0.5, 0.6) is 0 Å². The first kappa shape index (κ1) is 12.6. The molecule has 0 bridgehead atoms. The van der Waals surface area contributed by atoms with E-state index in [1.54, 1.807) is 6.26 Å². The first-order chi connectivity index (χ1) is 8.60. The summed E-state index contributed by atoms with van der Waals surface area (Å²) < 4.78 is 5.42. The van der Waals surface area contributed by atoms with Crippen molar-refractivity contribution < 1.29 is 4.42 Å². The molecule has 2 aromatic heterocycles. The molecule has 0 aliphatic heterocycles. The summed E-state index contributed by atoms with van der Waals surface area (Å²) in [6.45, 7) is 6.26. The van der Waals surface area contributed by atoms with Crippen LogP contribution in [0.3, 0.4) is 0 Å². The van der Waals surface area contributed by atoms with Gasteiger partial charge in [-0.1, -0.05) is 13.8 Å². The first-order valence-corrected chi connectivity index (χ1v) is 5.99. The Morgan fingerprint density at radius 1 is 1.39 bits per heavy atom. The summed E-state index contributed by atoms with van der Waals surface area (Å²) in [6.07, 6.45) is 2.52. The average molecular weight is 246 g/mol. The van der Waals surface area contributed by atoms with Crippen LogP contribution in [0.1, 0.15) is 25.1 Å². The highest BCUT2D eigenvalue weighted by Gasteiger charge is 2.12. The highest BCUT2D eigenvalue weighted by molar-refractivity contribution is 5.55. The van der Waals surface area contributed by atoms with Gasteiger partial charge in [0.15, 0.2) is 11.6 Å². The van der Waals surface area contributed by atoms with E-state index in [9.17, 15) is 0 Å². The fraction of sp³-hybridized carbons (Fsp3) is 0.385. The van der Waals surface area contributed by atoms with Crippen LogP contribution >= 0.6 is 0 Å². The lowest BCUT2D eigenvalue weighted by Gasteiger charge is -2.08. The number of rotatable bonds is 4. The van der Waals surface area contributed by atoms with Gasteiger partial charge in [0.25, 0.3) is 0 Å². The van der Waals surface area contributed by atoms with Gasteiger partial charge >= 0.3 is 0 Å². The molecule has 2 rings (SSSR count). The summed E-state index contributed by atoms with van der Waals surface area (Å²) in [5.74, 6) is 7.83. The summed E-state index contributed by atoms with van der Waals surface area (Å²) in [4.78, 5) is 8.85. The molecule has 96 valence electrons. The highest BCUT2D eigenvalue weighted by Crippen LogP contribution is 2.23. The third kappa shape index (κ3) is 2.68. The predicted octanol–water partition coefficient (Wildman–Crippen LogP) is 2.53. The number of nitrogen functional groups attached to an aromatic ring is 1. The zero-order valence-electron chi connectivity index (χ0n) is 10.9. The highest BCUT2D eigenvalue weighted by atomic mass is 16.3. The smallest absolute Gasteiger partial charge is 0.198 e. The van der Waals surface area contributed by atoms with Gasteiger partial charge in [-0.25, -0.2) is 15.8 Å². The van der Waals surface area contributed by atoms with E-state index in [2.05, 4.69) is 29.2 Å². The number of anilines is 1. The summed E-state index contributed by atoms with van der Waals surface area (Å²) in [7, 11) is 0. The van der Waals surface area contributed by atoms with Crippen LogP contribution in [-0.4, -0.2) is 9.97 Å². The van der Waals surface area contributed by atoms with E-state index in [1.165, 1.54) is 0 Å². The van der Waals surface area contributed by atoms with E-state index in [0.717, 1.165) is 17.7 Å². The molecule has 0 spiro atoms. The molecule has 0 saturated carbocycles. The number of hydrazine groups is 1. The second-order valence-corrected chi connectivity index (χ2v) is 4.74. The molecule has 0 atom stereocenters. The zero-order valence-corrected chi connectivity index (χ0v) is 10.9. The van der Waals surface area contributed by atoms with Crippen LogP contribution in [-0.2, 0) is 6.42 Å².